The molecular formula is C27H32N2O5. The number of allylic oxidation sites excluding steroid dienone is 1. The van der Waals surface area contributed by atoms with Gasteiger partial charge in [0, 0.05) is 42.6 Å². The minimum absolute atomic E-state index is 0.0274. The van der Waals surface area contributed by atoms with Crippen molar-refractivity contribution in [3.63, 3.8) is 0 Å². The minimum atomic E-state index is -0.504. The van der Waals surface area contributed by atoms with Crippen LogP contribution < -0.4 is 10.1 Å². The Balaban J connectivity index is 1.40. The molecule has 4 rings (SSSR count). The third kappa shape index (κ3) is 5.98. The number of aliphatic hydroxyl groups excluding tert-OH is 1. The summed E-state index contributed by atoms with van der Waals surface area (Å²) in [6, 6.07) is 16.0. The Bertz CT molecular complexity index is 1110. The Morgan fingerprint density at radius 2 is 2.06 bits per heavy atom. The predicted octanol–water partition coefficient (Wildman–Crippen LogP) is 4.04. The van der Waals surface area contributed by atoms with Gasteiger partial charge in [-0.15, -0.1) is 0 Å². The summed E-state index contributed by atoms with van der Waals surface area (Å²) in [6.45, 7) is 1.09. The first-order valence-electron chi connectivity index (χ1n) is 11.8. The fourth-order valence-electron chi connectivity index (χ4n) is 4.17. The van der Waals surface area contributed by atoms with E-state index in [0.29, 0.717) is 32.4 Å². The summed E-state index contributed by atoms with van der Waals surface area (Å²) in [7, 11) is 1.65. The molecule has 34 heavy (non-hydrogen) atoms. The lowest BCUT2D eigenvalue weighted by Crippen LogP contribution is -2.34. The van der Waals surface area contributed by atoms with Crippen LogP contribution in [0.3, 0.4) is 0 Å². The molecule has 0 aliphatic carbocycles. The van der Waals surface area contributed by atoms with Gasteiger partial charge in [0.1, 0.15) is 5.75 Å². The number of methoxy groups -OCH3 is 1. The topological polar surface area (TPSA) is 92.8 Å². The zero-order valence-corrected chi connectivity index (χ0v) is 19.5. The van der Waals surface area contributed by atoms with Crippen LogP contribution in [-0.4, -0.2) is 49.2 Å². The lowest BCUT2D eigenvalue weighted by Gasteiger charge is -2.29. The molecule has 7 nitrogen and oxygen atoms in total. The van der Waals surface area contributed by atoms with E-state index < -0.39 is 6.29 Å². The third-order valence-corrected chi connectivity index (χ3v) is 6.02. The summed E-state index contributed by atoms with van der Waals surface area (Å²) in [5, 5.41) is 13.1. The second-order valence-corrected chi connectivity index (χ2v) is 8.36. The largest absolute Gasteiger partial charge is 0.497 e. The number of H-pyrrole nitrogens is 1. The number of carbonyl (C=O) groups is 1. The highest BCUT2D eigenvalue weighted by Gasteiger charge is 2.28. The van der Waals surface area contributed by atoms with Gasteiger partial charge in [-0.05, 0) is 54.7 Å². The van der Waals surface area contributed by atoms with Gasteiger partial charge in [0.05, 0.1) is 13.7 Å². The molecule has 7 heteroatoms. The molecule has 1 aromatic heterocycles. The summed E-state index contributed by atoms with van der Waals surface area (Å²) < 4.78 is 17.1. The first-order chi connectivity index (χ1) is 16.7. The van der Waals surface area contributed by atoms with Crippen molar-refractivity contribution in [2.75, 3.05) is 26.9 Å². The molecule has 2 aromatic carbocycles. The van der Waals surface area contributed by atoms with E-state index in [0.717, 1.165) is 34.2 Å². The second-order valence-electron chi connectivity index (χ2n) is 8.36. The second kappa shape index (κ2) is 11.7. The molecule has 1 aliphatic rings. The summed E-state index contributed by atoms with van der Waals surface area (Å²) in [4.78, 5) is 16.2. The van der Waals surface area contributed by atoms with Crippen LogP contribution in [0, 0.1) is 0 Å². The molecule has 0 fully saturated rings. The Morgan fingerprint density at radius 1 is 1.21 bits per heavy atom. The van der Waals surface area contributed by atoms with Crippen LogP contribution in [0.4, 0.5) is 0 Å². The number of unbranched alkanes of at least 4 members (excludes halogenated alkanes) is 1. The maximum atomic E-state index is 13.0. The summed E-state index contributed by atoms with van der Waals surface area (Å²) in [5.41, 5.74) is 3.26. The van der Waals surface area contributed by atoms with Gasteiger partial charge in [-0.1, -0.05) is 30.3 Å². The number of amides is 1. The maximum Gasteiger partial charge on any atom is 0.286 e. The number of fused-ring (bicyclic) bond motifs is 1. The van der Waals surface area contributed by atoms with Crippen molar-refractivity contribution < 1.29 is 24.1 Å². The summed E-state index contributed by atoms with van der Waals surface area (Å²) in [5.74, 6) is 0.865. The number of aliphatic hydroxyl groups is 1. The van der Waals surface area contributed by atoms with Crippen LogP contribution in [0.2, 0.25) is 0 Å². The van der Waals surface area contributed by atoms with Crippen LogP contribution in [0.1, 0.15) is 36.3 Å². The van der Waals surface area contributed by atoms with Gasteiger partial charge in [0.15, 0.2) is 5.76 Å². The van der Waals surface area contributed by atoms with Crippen molar-refractivity contribution >= 4 is 16.8 Å². The minimum Gasteiger partial charge on any atom is -0.497 e. The summed E-state index contributed by atoms with van der Waals surface area (Å²) >= 11 is 0. The molecule has 1 amide bonds. The average molecular weight is 465 g/mol. The number of carbonyl (C=O) groups excluding carboxylic acids is 1. The number of aromatic amines is 1. The predicted molar refractivity (Wildman–Crippen MR) is 131 cm³/mol. The van der Waals surface area contributed by atoms with Crippen molar-refractivity contribution in [3.05, 3.63) is 77.7 Å². The van der Waals surface area contributed by atoms with Crippen LogP contribution in [0.25, 0.3) is 10.9 Å². The van der Waals surface area contributed by atoms with Crippen molar-refractivity contribution in [2.24, 2.45) is 0 Å². The maximum absolute atomic E-state index is 13.0. The molecule has 1 aliphatic heterocycles. The molecular weight excluding hydrogens is 432 g/mol. The average Bonchev–Trinajstić information content (AvgIpc) is 3.29. The zero-order valence-electron chi connectivity index (χ0n) is 19.5. The molecule has 2 heterocycles. The number of nitrogens with one attached hydrogen (secondary N) is 2. The summed E-state index contributed by atoms with van der Waals surface area (Å²) in [6.07, 6.45) is 6.08. The number of ether oxygens (including phenoxy) is 3. The van der Waals surface area contributed by atoms with Gasteiger partial charge >= 0.3 is 0 Å². The quantitative estimate of drug-likeness (QED) is 0.373. The van der Waals surface area contributed by atoms with Gasteiger partial charge in [0.2, 0.25) is 6.29 Å². The lowest BCUT2D eigenvalue weighted by atomic mass is 9.93. The van der Waals surface area contributed by atoms with E-state index in [4.69, 9.17) is 19.3 Å². The van der Waals surface area contributed by atoms with E-state index in [1.165, 1.54) is 0 Å². The molecule has 0 bridgehead atoms. The number of rotatable bonds is 11. The van der Waals surface area contributed by atoms with Crippen molar-refractivity contribution in [1.82, 2.24) is 10.3 Å². The molecule has 0 saturated heterocycles. The van der Waals surface area contributed by atoms with Gasteiger partial charge in [-0.2, -0.15) is 0 Å². The van der Waals surface area contributed by atoms with E-state index in [-0.39, 0.29) is 24.2 Å². The fraction of sp³-hybridized carbons (Fsp3) is 0.370. The molecule has 3 N–H and O–H groups in total. The van der Waals surface area contributed by atoms with Gasteiger partial charge in [-0.25, -0.2) is 0 Å². The lowest BCUT2D eigenvalue weighted by molar-refractivity contribution is -0.146. The van der Waals surface area contributed by atoms with Crippen molar-refractivity contribution in [1.29, 1.82) is 0 Å². The normalized spacial score (nSPS) is 17.8. The molecule has 0 radical (unpaired) electrons. The third-order valence-electron chi connectivity index (χ3n) is 6.02. The molecule has 180 valence electrons. The standard InChI is InChI=1S/C27H32N2O5/c1-32-22-9-10-24-23(17-22)20(18-29-24)11-12-28-27(31)25-15-21(19-7-3-2-4-8-19)16-26(34-25)33-14-6-5-13-30/h2-4,7-10,15,17-18,21,26,29-30H,5-6,11-14,16H2,1H3,(H,28,31)/t21-,26+/m1/s1. The van der Waals surface area contributed by atoms with Gasteiger partial charge in [0.25, 0.3) is 5.91 Å². The number of aromatic nitrogens is 1. The van der Waals surface area contributed by atoms with Crippen LogP contribution in [-0.2, 0) is 20.7 Å². The number of hydrogen-bond donors (Lipinski definition) is 3. The monoisotopic (exact) mass is 464 g/mol. The van der Waals surface area contributed by atoms with E-state index >= 15 is 0 Å². The number of hydrogen-bond acceptors (Lipinski definition) is 5. The molecule has 0 spiro atoms. The Hall–Kier alpha value is -3.29. The highest BCUT2D eigenvalue weighted by atomic mass is 16.7. The Labute approximate surface area is 199 Å². The van der Waals surface area contributed by atoms with Crippen LogP contribution >= 0.6 is 0 Å². The first kappa shape index (κ1) is 23.9. The van der Waals surface area contributed by atoms with Crippen LogP contribution in [0.15, 0.2) is 66.6 Å². The molecule has 3 aromatic rings. The molecule has 0 unspecified atom stereocenters. The Kier molecular flexibility index (Phi) is 8.22. The van der Waals surface area contributed by atoms with Crippen LogP contribution in [0.5, 0.6) is 5.75 Å². The van der Waals surface area contributed by atoms with E-state index in [1.54, 1.807) is 7.11 Å². The number of benzene rings is 2. The van der Waals surface area contributed by atoms with Gasteiger partial charge < -0.3 is 29.6 Å². The smallest absolute Gasteiger partial charge is 0.286 e. The van der Waals surface area contributed by atoms with Gasteiger partial charge in [-0.3, -0.25) is 4.79 Å². The SMILES string of the molecule is COc1ccc2[nH]cc(CCNC(=O)C3=C[C@@H](c4ccccc4)C[C@@H](OCCCCO)O3)c2c1. The van der Waals surface area contributed by atoms with E-state index in [1.807, 2.05) is 48.7 Å². The van der Waals surface area contributed by atoms with Crippen molar-refractivity contribution in [2.45, 2.75) is 37.9 Å². The molecule has 2 atom stereocenters. The zero-order chi connectivity index (χ0) is 23.8. The fourth-order valence-corrected chi connectivity index (χ4v) is 4.17. The van der Waals surface area contributed by atoms with Crippen molar-refractivity contribution in [3.8, 4) is 5.75 Å². The van der Waals surface area contributed by atoms with E-state index in [9.17, 15) is 4.79 Å². The Morgan fingerprint density at radius 3 is 2.85 bits per heavy atom. The van der Waals surface area contributed by atoms with E-state index in [2.05, 4.69) is 22.4 Å². The molecule has 0 saturated carbocycles. The highest BCUT2D eigenvalue weighted by molar-refractivity contribution is 5.92. The first-order valence-corrected chi connectivity index (χ1v) is 11.8. The highest BCUT2D eigenvalue weighted by Crippen LogP contribution is 2.31.